The Morgan fingerprint density at radius 3 is 2.47 bits per heavy atom. The van der Waals surface area contributed by atoms with Crippen LogP contribution in [0.2, 0.25) is 0 Å². The fourth-order valence-electron chi connectivity index (χ4n) is 2.28. The van der Waals surface area contributed by atoms with Gasteiger partial charge in [-0.15, -0.1) is 0 Å². The van der Waals surface area contributed by atoms with Gasteiger partial charge in [0.1, 0.15) is 0 Å². The molecule has 15 heavy (non-hydrogen) atoms. The second-order valence-corrected chi connectivity index (χ2v) is 5.81. The summed E-state index contributed by atoms with van der Waals surface area (Å²) < 4.78 is 5.73. The maximum Gasteiger partial charge on any atom is 0.0565 e. The standard InChI is InChI=1S/C12H25NOS/c1-9(8-15-4)7-13-12-5-10(2)14-11(3)6-12/h9-13H,5-8H2,1-4H3. The van der Waals surface area contributed by atoms with E-state index in [1.807, 2.05) is 11.8 Å². The van der Waals surface area contributed by atoms with E-state index in [1.54, 1.807) is 0 Å². The molecule has 1 saturated heterocycles. The minimum Gasteiger partial charge on any atom is -0.375 e. The monoisotopic (exact) mass is 231 g/mol. The number of nitrogens with one attached hydrogen (secondary N) is 1. The second kappa shape index (κ2) is 6.77. The summed E-state index contributed by atoms with van der Waals surface area (Å²) in [5.74, 6) is 2.02. The van der Waals surface area contributed by atoms with Crippen LogP contribution in [0.15, 0.2) is 0 Å². The molecule has 0 aromatic rings. The van der Waals surface area contributed by atoms with E-state index in [9.17, 15) is 0 Å². The normalized spacial score (nSPS) is 34.0. The molecule has 1 rings (SSSR count). The third-order valence-corrected chi connectivity index (χ3v) is 3.81. The molecule has 0 aromatic carbocycles. The van der Waals surface area contributed by atoms with Crippen LogP contribution in [0, 0.1) is 5.92 Å². The van der Waals surface area contributed by atoms with Crippen molar-refractivity contribution in [3.8, 4) is 0 Å². The Balaban J connectivity index is 2.20. The molecular weight excluding hydrogens is 206 g/mol. The fourth-order valence-corrected chi connectivity index (χ4v) is 2.97. The molecule has 1 aliphatic heterocycles. The highest BCUT2D eigenvalue weighted by Gasteiger charge is 2.23. The Morgan fingerprint density at radius 2 is 1.93 bits per heavy atom. The summed E-state index contributed by atoms with van der Waals surface area (Å²) in [6, 6.07) is 0.660. The highest BCUT2D eigenvalue weighted by atomic mass is 32.2. The quantitative estimate of drug-likeness (QED) is 0.785. The zero-order valence-corrected chi connectivity index (χ0v) is 11.3. The van der Waals surface area contributed by atoms with E-state index >= 15 is 0 Å². The highest BCUT2D eigenvalue weighted by molar-refractivity contribution is 7.98. The Hall–Kier alpha value is 0.270. The molecule has 1 aliphatic rings. The van der Waals surface area contributed by atoms with E-state index in [4.69, 9.17) is 4.74 Å². The van der Waals surface area contributed by atoms with Crippen molar-refractivity contribution in [3.63, 3.8) is 0 Å². The Kier molecular flexibility index (Phi) is 6.02. The van der Waals surface area contributed by atoms with Crippen molar-refractivity contribution in [1.82, 2.24) is 5.32 Å². The third-order valence-electron chi connectivity index (χ3n) is 2.90. The number of hydrogen-bond acceptors (Lipinski definition) is 3. The second-order valence-electron chi connectivity index (χ2n) is 4.89. The molecule has 0 aromatic heterocycles. The molecule has 0 aliphatic carbocycles. The van der Waals surface area contributed by atoms with Crippen LogP contribution in [0.1, 0.15) is 33.6 Å². The summed E-state index contributed by atoms with van der Waals surface area (Å²) in [6.07, 6.45) is 5.34. The molecule has 90 valence electrons. The molecule has 3 atom stereocenters. The van der Waals surface area contributed by atoms with Gasteiger partial charge in [-0.05, 0) is 51.2 Å². The largest absolute Gasteiger partial charge is 0.375 e. The molecular formula is C12H25NOS. The fraction of sp³-hybridized carbons (Fsp3) is 1.00. The van der Waals surface area contributed by atoms with E-state index in [0.717, 1.165) is 25.3 Å². The van der Waals surface area contributed by atoms with Crippen molar-refractivity contribution >= 4 is 11.8 Å². The zero-order chi connectivity index (χ0) is 11.3. The smallest absolute Gasteiger partial charge is 0.0565 e. The minimum atomic E-state index is 0.419. The van der Waals surface area contributed by atoms with Gasteiger partial charge in [-0.1, -0.05) is 6.92 Å². The molecule has 0 radical (unpaired) electrons. The van der Waals surface area contributed by atoms with Gasteiger partial charge in [-0.3, -0.25) is 0 Å². The van der Waals surface area contributed by atoms with Crippen LogP contribution in [0.4, 0.5) is 0 Å². The van der Waals surface area contributed by atoms with E-state index in [-0.39, 0.29) is 0 Å². The summed E-state index contributed by atoms with van der Waals surface area (Å²) in [4.78, 5) is 0. The highest BCUT2D eigenvalue weighted by Crippen LogP contribution is 2.19. The van der Waals surface area contributed by atoms with Gasteiger partial charge in [-0.2, -0.15) is 11.8 Å². The predicted molar refractivity (Wildman–Crippen MR) is 68.6 cm³/mol. The molecule has 0 amide bonds. The number of ether oxygens (including phenoxy) is 1. The van der Waals surface area contributed by atoms with Crippen LogP contribution in [-0.4, -0.2) is 36.8 Å². The van der Waals surface area contributed by atoms with Crippen molar-refractivity contribution in [2.24, 2.45) is 5.92 Å². The summed E-state index contributed by atoms with van der Waals surface area (Å²) in [7, 11) is 0. The lowest BCUT2D eigenvalue weighted by molar-refractivity contribution is -0.0422. The predicted octanol–water partition coefficient (Wildman–Crippen LogP) is 2.53. The first kappa shape index (κ1) is 13.3. The number of rotatable bonds is 5. The van der Waals surface area contributed by atoms with Crippen LogP contribution >= 0.6 is 11.8 Å². The van der Waals surface area contributed by atoms with Crippen molar-refractivity contribution in [3.05, 3.63) is 0 Å². The summed E-state index contributed by atoms with van der Waals surface area (Å²) in [6.45, 7) is 7.81. The van der Waals surface area contributed by atoms with E-state index < -0.39 is 0 Å². The topological polar surface area (TPSA) is 21.3 Å². The van der Waals surface area contributed by atoms with Gasteiger partial charge in [0.25, 0.3) is 0 Å². The lowest BCUT2D eigenvalue weighted by Gasteiger charge is -2.33. The van der Waals surface area contributed by atoms with Crippen molar-refractivity contribution in [1.29, 1.82) is 0 Å². The maximum atomic E-state index is 5.73. The van der Waals surface area contributed by atoms with Crippen LogP contribution in [-0.2, 0) is 4.74 Å². The number of thioether (sulfide) groups is 1. The molecule has 0 spiro atoms. The zero-order valence-electron chi connectivity index (χ0n) is 10.5. The molecule has 3 heteroatoms. The van der Waals surface area contributed by atoms with Gasteiger partial charge >= 0.3 is 0 Å². The minimum absolute atomic E-state index is 0.419. The first-order valence-electron chi connectivity index (χ1n) is 5.99. The molecule has 1 fully saturated rings. The van der Waals surface area contributed by atoms with E-state index in [2.05, 4.69) is 32.3 Å². The lowest BCUT2D eigenvalue weighted by Crippen LogP contribution is -2.42. The molecule has 0 bridgehead atoms. The van der Waals surface area contributed by atoms with Gasteiger partial charge in [-0.25, -0.2) is 0 Å². The van der Waals surface area contributed by atoms with Crippen LogP contribution in [0.25, 0.3) is 0 Å². The molecule has 1 N–H and O–H groups in total. The average molecular weight is 231 g/mol. The molecule has 1 heterocycles. The Labute approximate surface area is 98.5 Å². The third kappa shape index (κ3) is 5.23. The van der Waals surface area contributed by atoms with Crippen LogP contribution in [0.5, 0.6) is 0 Å². The van der Waals surface area contributed by atoms with Gasteiger partial charge < -0.3 is 10.1 Å². The van der Waals surface area contributed by atoms with Crippen molar-refractivity contribution in [2.75, 3.05) is 18.6 Å². The molecule has 2 nitrogen and oxygen atoms in total. The van der Waals surface area contributed by atoms with Gasteiger partial charge in [0.05, 0.1) is 12.2 Å². The van der Waals surface area contributed by atoms with Crippen LogP contribution in [0.3, 0.4) is 0 Å². The van der Waals surface area contributed by atoms with Gasteiger partial charge in [0.15, 0.2) is 0 Å². The average Bonchev–Trinajstić information content (AvgIpc) is 2.14. The van der Waals surface area contributed by atoms with Crippen LogP contribution < -0.4 is 5.32 Å². The first-order chi connectivity index (χ1) is 7.11. The summed E-state index contributed by atoms with van der Waals surface area (Å²) in [5.41, 5.74) is 0. The van der Waals surface area contributed by atoms with E-state index in [0.29, 0.717) is 18.2 Å². The SMILES string of the molecule is CSCC(C)CNC1CC(C)OC(C)C1. The lowest BCUT2D eigenvalue weighted by atomic mass is 9.99. The maximum absolute atomic E-state index is 5.73. The Morgan fingerprint density at radius 1 is 1.33 bits per heavy atom. The number of hydrogen-bond donors (Lipinski definition) is 1. The molecule has 0 saturated carbocycles. The Bertz CT molecular complexity index is 167. The summed E-state index contributed by atoms with van der Waals surface area (Å²) >= 11 is 1.93. The van der Waals surface area contributed by atoms with E-state index in [1.165, 1.54) is 5.75 Å². The van der Waals surface area contributed by atoms with Crippen molar-refractivity contribution in [2.45, 2.75) is 51.9 Å². The summed E-state index contributed by atoms with van der Waals surface area (Å²) in [5, 5.41) is 3.67. The molecule has 3 unspecified atom stereocenters. The first-order valence-corrected chi connectivity index (χ1v) is 7.39. The van der Waals surface area contributed by atoms with Crippen molar-refractivity contribution < 1.29 is 4.74 Å². The van der Waals surface area contributed by atoms with Gasteiger partial charge in [0.2, 0.25) is 0 Å². The van der Waals surface area contributed by atoms with Gasteiger partial charge in [0, 0.05) is 6.04 Å².